The van der Waals surface area contributed by atoms with E-state index in [0.717, 1.165) is 53.7 Å². The molecule has 1 fully saturated rings. The van der Waals surface area contributed by atoms with Crippen molar-refractivity contribution < 1.29 is 4.74 Å². The van der Waals surface area contributed by atoms with Crippen molar-refractivity contribution in [2.75, 3.05) is 20.2 Å². The first-order chi connectivity index (χ1) is 15.6. The van der Waals surface area contributed by atoms with E-state index in [-0.39, 0.29) is 11.6 Å². The zero-order valence-electron chi connectivity index (χ0n) is 18.3. The molecule has 1 N–H and O–H groups in total. The Kier molecular flexibility index (Phi) is 5.45. The molecule has 8 nitrogen and oxygen atoms in total. The number of benzene rings is 2. The van der Waals surface area contributed by atoms with Crippen LogP contribution in [0.15, 0.2) is 53.3 Å². The van der Waals surface area contributed by atoms with Gasteiger partial charge in [0.15, 0.2) is 5.82 Å². The maximum Gasteiger partial charge on any atom is 0.253 e. The summed E-state index contributed by atoms with van der Waals surface area (Å²) < 4.78 is 7.05. The molecule has 32 heavy (non-hydrogen) atoms. The number of methoxy groups -OCH3 is 1. The molecule has 8 heteroatoms. The van der Waals surface area contributed by atoms with Gasteiger partial charge in [0, 0.05) is 5.56 Å². The maximum atomic E-state index is 13.2. The molecule has 0 radical (unpaired) electrons. The van der Waals surface area contributed by atoms with Gasteiger partial charge in [0.25, 0.3) is 5.56 Å². The fraction of sp³-hybridized carbons (Fsp3) is 0.333. The molecule has 2 aromatic heterocycles. The van der Waals surface area contributed by atoms with Gasteiger partial charge in [-0.25, -0.2) is 4.68 Å². The standard InChI is InChI=1S/C24H26N6O2/c1-16-6-5-7-18-14-20(24(31)25-21(16)18)22(29-12-3-4-13-29)23-26-27-28-30(23)15-17-8-10-19(32-2)11-9-17/h5-11,14,22H,3-4,12-13,15H2,1-2H3,(H,25,31)/t22-/m1/s1. The van der Waals surface area contributed by atoms with Crippen molar-refractivity contribution in [2.24, 2.45) is 0 Å². The van der Waals surface area contributed by atoms with Gasteiger partial charge in [0.05, 0.1) is 19.2 Å². The number of hydrogen-bond acceptors (Lipinski definition) is 6. The Balaban J connectivity index is 1.58. The molecule has 0 aliphatic carbocycles. The number of ether oxygens (including phenoxy) is 1. The molecule has 1 aliphatic heterocycles. The third kappa shape index (κ3) is 3.78. The first-order valence-electron chi connectivity index (χ1n) is 10.9. The molecule has 1 aliphatic rings. The molecular weight excluding hydrogens is 404 g/mol. The fourth-order valence-electron chi connectivity index (χ4n) is 4.53. The molecule has 3 heterocycles. The van der Waals surface area contributed by atoms with E-state index in [1.165, 1.54) is 0 Å². The van der Waals surface area contributed by atoms with Crippen LogP contribution in [0.2, 0.25) is 0 Å². The highest BCUT2D eigenvalue weighted by molar-refractivity contribution is 5.82. The summed E-state index contributed by atoms with van der Waals surface area (Å²) in [7, 11) is 1.65. The molecule has 0 amide bonds. The molecular formula is C24H26N6O2. The van der Waals surface area contributed by atoms with E-state index in [0.29, 0.717) is 17.9 Å². The lowest BCUT2D eigenvalue weighted by Gasteiger charge is -2.26. The quantitative estimate of drug-likeness (QED) is 0.506. The summed E-state index contributed by atoms with van der Waals surface area (Å²) in [6.07, 6.45) is 2.20. The monoisotopic (exact) mass is 430 g/mol. The number of nitrogens with zero attached hydrogens (tertiary/aromatic N) is 5. The number of nitrogens with one attached hydrogen (secondary N) is 1. The van der Waals surface area contributed by atoms with Crippen LogP contribution in [-0.2, 0) is 6.54 Å². The summed E-state index contributed by atoms with van der Waals surface area (Å²) in [6.45, 7) is 4.34. The Morgan fingerprint density at radius 1 is 1.12 bits per heavy atom. The number of fused-ring (bicyclic) bond motifs is 1. The second-order valence-electron chi connectivity index (χ2n) is 8.28. The van der Waals surface area contributed by atoms with Gasteiger partial charge in [-0.3, -0.25) is 9.69 Å². The average Bonchev–Trinajstić information content (AvgIpc) is 3.49. The van der Waals surface area contributed by atoms with E-state index in [1.54, 1.807) is 11.8 Å². The van der Waals surface area contributed by atoms with Crippen LogP contribution in [-0.4, -0.2) is 50.3 Å². The van der Waals surface area contributed by atoms with E-state index < -0.39 is 0 Å². The Labute approximate surface area is 185 Å². The van der Waals surface area contributed by atoms with Crippen LogP contribution in [0.25, 0.3) is 10.9 Å². The number of likely N-dealkylation sites (tertiary alicyclic amines) is 1. The average molecular weight is 431 g/mol. The van der Waals surface area contributed by atoms with Crippen LogP contribution in [0.4, 0.5) is 0 Å². The van der Waals surface area contributed by atoms with E-state index in [9.17, 15) is 4.79 Å². The Hall–Kier alpha value is -3.52. The highest BCUT2D eigenvalue weighted by Crippen LogP contribution is 2.30. The molecule has 164 valence electrons. The first-order valence-corrected chi connectivity index (χ1v) is 10.9. The molecule has 5 rings (SSSR count). The lowest BCUT2D eigenvalue weighted by molar-refractivity contribution is 0.263. The second kappa shape index (κ2) is 8.55. The van der Waals surface area contributed by atoms with Crippen LogP contribution in [0.3, 0.4) is 0 Å². The normalized spacial score (nSPS) is 15.3. The smallest absolute Gasteiger partial charge is 0.253 e. The van der Waals surface area contributed by atoms with Gasteiger partial charge < -0.3 is 9.72 Å². The number of rotatable bonds is 6. The van der Waals surface area contributed by atoms with Gasteiger partial charge >= 0.3 is 0 Å². The maximum absolute atomic E-state index is 13.2. The zero-order valence-corrected chi connectivity index (χ0v) is 18.3. The minimum atomic E-state index is -0.306. The van der Waals surface area contributed by atoms with Gasteiger partial charge in [-0.1, -0.05) is 30.3 Å². The number of aromatic amines is 1. The fourth-order valence-corrected chi connectivity index (χ4v) is 4.53. The van der Waals surface area contributed by atoms with Crippen molar-refractivity contribution in [1.29, 1.82) is 0 Å². The van der Waals surface area contributed by atoms with Crippen molar-refractivity contribution in [3.05, 3.63) is 81.4 Å². The van der Waals surface area contributed by atoms with E-state index in [4.69, 9.17) is 4.74 Å². The molecule has 2 aromatic carbocycles. The summed E-state index contributed by atoms with van der Waals surface area (Å²) in [6, 6.07) is 15.6. The van der Waals surface area contributed by atoms with Crippen molar-refractivity contribution in [1.82, 2.24) is 30.1 Å². The third-order valence-corrected chi connectivity index (χ3v) is 6.21. The van der Waals surface area contributed by atoms with Crippen molar-refractivity contribution in [2.45, 2.75) is 32.4 Å². The summed E-state index contributed by atoms with van der Waals surface area (Å²) >= 11 is 0. The molecule has 0 spiro atoms. The highest BCUT2D eigenvalue weighted by atomic mass is 16.5. The van der Waals surface area contributed by atoms with Gasteiger partial charge in [-0.15, -0.1) is 5.10 Å². The van der Waals surface area contributed by atoms with Gasteiger partial charge in [-0.05, 0) is 78.0 Å². The largest absolute Gasteiger partial charge is 0.497 e. The molecule has 1 atom stereocenters. The summed E-state index contributed by atoms with van der Waals surface area (Å²) in [4.78, 5) is 18.7. The first kappa shape index (κ1) is 20.4. The van der Waals surface area contributed by atoms with Gasteiger partial charge in [0.1, 0.15) is 11.8 Å². The van der Waals surface area contributed by atoms with Crippen LogP contribution in [0, 0.1) is 6.92 Å². The van der Waals surface area contributed by atoms with Crippen LogP contribution >= 0.6 is 0 Å². The number of aromatic nitrogens is 5. The predicted octanol–water partition coefficient (Wildman–Crippen LogP) is 3.07. The summed E-state index contributed by atoms with van der Waals surface area (Å²) in [5.41, 5.74) is 3.56. The Morgan fingerprint density at radius 2 is 1.91 bits per heavy atom. The van der Waals surface area contributed by atoms with Gasteiger partial charge in [0.2, 0.25) is 0 Å². The molecule has 4 aromatic rings. The molecule has 1 saturated heterocycles. The minimum absolute atomic E-state index is 0.0947. The van der Waals surface area contributed by atoms with Crippen LogP contribution < -0.4 is 10.3 Å². The van der Waals surface area contributed by atoms with E-state index >= 15 is 0 Å². The third-order valence-electron chi connectivity index (χ3n) is 6.21. The lowest BCUT2D eigenvalue weighted by atomic mass is 10.0. The zero-order chi connectivity index (χ0) is 22.1. The van der Waals surface area contributed by atoms with Crippen LogP contribution in [0.1, 0.15) is 41.4 Å². The van der Waals surface area contributed by atoms with E-state index in [1.807, 2.05) is 55.5 Å². The number of tetrazole rings is 1. The van der Waals surface area contributed by atoms with Crippen molar-refractivity contribution in [3.8, 4) is 5.75 Å². The van der Waals surface area contributed by atoms with Crippen molar-refractivity contribution in [3.63, 3.8) is 0 Å². The number of pyridine rings is 1. The summed E-state index contributed by atoms with van der Waals surface area (Å²) in [5.74, 6) is 1.49. The Morgan fingerprint density at radius 3 is 2.66 bits per heavy atom. The predicted molar refractivity (Wildman–Crippen MR) is 122 cm³/mol. The molecule has 0 saturated carbocycles. The topological polar surface area (TPSA) is 88.9 Å². The minimum Gasteiger partial charge on any atom is -0.497 e. The lowest BCUT2D eigenvalue weighted by Crippen LogP contribution is -2.33. The summed E-state index contributed by atoms with van der Waals surface area (Å²) in [5, 5.41) is 13.6. The number of para-hydroxylation sites is 1. The Bertz CT molecular complexity index is 1290. The van der Waals surface area contributed by atoms with Crippen molar-refractivity contribution >= 4 is 10.9 Å². The van der Waals surface area contributed by atoms with Crippen LogP contribution in [0.5, 0.6) is 5.75 Å². The number of hydrogen-bond donors (Lipinski definition) is 1. The van der Waals surface area contributed by atoms with Gasteiger partial charge in [-0.2, -0.15) is 0 Å². The molecule has 0 bridgehead atoms. The SMILES string of the molecule is COc1ccc(Cn2nnnc2[C@@H](c2cc3cccc(C)c3[nH]c2=O)N2CCCC2)cc1. The molecule has 0 unspecified atom stereocenters. The second-order valence-corrected chi connectivity index (χ2v) is 8.28. The number of H-pyrrole nitrogens is 1. The highest BCUT2D eigenvalue weighted by Gasteiger charge is 2.32. The number of aryl methyl sites for hydroxylation is 1. The van der Waals surface area contributed by atoms with E-state index in [2.05, 4.69) is 25.4 Å².